The second-order valence-corrected chi connectivity index (χ2v) is 9.06. The number of halogens is 2. The molecule has 1 aliphatic rings. The maximum Gasteiger partial charge on any atom is 0.309 e. The highest BCUT2D eigenvalue weighted by molar-refractivity contribution is 7.89. The first kappa shape index (κ1) is 21.5. The van der Waals surface area contributed by atoms with Gasteiger partial charge in [0, 0.05) is 13.1 Å². The minimum Gasteiger partial charge on any atom is -0.497 e. The molecule has 0 spiro atoms. The minimum atomic E-state index is -3.80. The number of sulfonamides is 1. The molecule has 29 heavy (non-hydrogen) atoms. The number of nitrogens with zero attached hydrogens (tertiary/aromatic N) is 1. The Morgan fingerprint density at radius 3 is 2.59 bits per heavy atom. The van der Waals surface area contributed by atoms with E-state index in [1.54, 1.807) is 19.2 Å². The molecule has 6 nitrogen and oxygen atoms in total. The van der Waals surface area contributed by atoms with Gasteiger partial charge in [-0.25, -0.2) is 12.8 Å². The average Bonchev–Trinajstić information content (AvgIpc) is 2.74. The van der Waals surface area contributed by atoms with Crippen molar-refractivity contribution >= 4 is 27.6 Å². The number of ether oxygens (including phenoxy) is 2. The second-order valence-electron chi connectivity index (χ2n) is 6.71. The van der Waals surface area contributed by atoms with Gasteiger partial charge in [-0.15, -0.1) is 0 Å². The molecule has 1 aliphatic heterocycles. The largest absolute Gasteiger partial charge is 0.497 e. The molecule has 1 heterocycles. The monoisotopic (exact) mass is 441 g/mol. The SMILES string of the molecule is COc1cccc(COC(=O)C2CCN(S(=O)(=O)c3ccc(F)c(Cl)c3)CC2)c1. The van der Waals surface area contributed by atoms with E-state index >= 15 is 0 Å². The molecule has 0 aromatic heterocycles. The number of methoxy groups -OCH3 is 1. The fraction of sp³-hybridized carbons (Fsp3) is 0.350. The van der Waals surface area contributed by atoms with Crippen LogP contribution in [0.5, 0.6) is 5.75 Å². The molecule has 0 saturated carbocycles. The van der Waals surface area contributed by atoms with Crippen molar-refractivity contribution in [2.24, 2.45) is 5.92 Å². The summed E-state index contributed by atoms with van der Waals surface area (Å²) in [5.41, 5.74) is 0.811. The Labute approximate surface area is 174 Å². The Balaban J connectivity index is 1.56. The molecule has 0 N–H and O–H groups in total. The fourth-order valence-electron chi connectivity index (χ4n) is 3.15. The molecule has 9 heteroatoms. The van der Waals surface area contributed by atoms with E-state index in [0.29, 0.717) is 18.6 Å². The van der Waals surface area contributed by atoms with Crippen LogP contribution in [0.3, 0.4) is 0 Å². The lowest BCUT2D eigenvalue weighted by Gasteiger charge is -2.30. The van der Waals surface area contributed by atoms with Crippen LogP contribution >= 0.6 is 11.6 Å². The third-order valence-electron chi connectivity index (χ3n) is 4.83. The summed E-state index contributed by atoms with van der Waals surface area (Å²) in [6, 6.07) is 10.5. The number of esters is 1. The van der Waals surface area contributed by atoms with Crippen LogP contribution in [0.25, 0.3) is 0 Å². The predicted octanol–water partition coefficient (Wildman–Crippen LogP) is 3.63. The lowest BCUT2D eigenvalue weighted by atomic mass is 9.98. The fourth-order valence-corrected chi connectivity index (χ4v) is 4.89. The molecule has 0 unspecified atom stereocenters. The summed E-state index contributed by atoms with van der Waals surface area (Å²) in [6.07, 6.45) is 0.705. The van der Waals surface area contributed by atoms with E-state index in [4.69, 9.17) is 21.1 Å². The van der Waals surface area contributed by atoms with Gasteiger partial charge in [0.2, 0.25) is 10.0 Å². The maximum atomic E-state index is 13.3. The van der Waals surface area contributed by atoms with Crippen LogP contribution < -0.4 is 4.74 Å². The lowest BCUT2D eigenvalue weighted by Crippen LogP contribution is -2.40. The highest BCUT2D eigenvalue weighted by Crippen LogP contribution is 2.27. The molecule has 2 aromatic rings. The van der Waals surface area contributed by atoms with E-state index in [1.807, 2.05) is 12.1 Å². The van der Waals surface area contributed by atoms with Crippen molar-refractivity contribution in [2.45, 2.75) is 24.3 Å². The van der Waals surface area contributed by atoms with Crippen molar-refractivity contribution in [3.63, 3.8) is 0 Å². The number of carbonyl (C=O) groups is 1. The van der Waals surface area contributed by atoms with Crippen LogP contribution in [0.15, 0.2) is 47.4 Å². The van der Waals surface area contributed by atoms with Crippen molar-refractivity contribution in [1.82, 2.24) is 4.31 Å². The third kappa shape index (κ3) is 5.07. The van der Waals surface area contributed by atoms with Crippen molar-refractivity contribution in [2.75, 3.05) is 20.2 Å². The zero-order valence-corrected chi connectivity index (χ0v) is 17.4. The number of benzene rings is 2. The number of rotatable bonds is 6. The van der Waals surface area contributed by atoms with Gasteiger partial charge in [-0.2, -0.15) is 4.31 Å². The van der Waals surface area contributed by atoms with E-state index in [2.05, 4.69) is 0 Å². The molecule has 156 valence electrons. The van der Waals surface area contributed by atoms with Crippen molar-refractivity contribution in [1.29, 1.82) is 0 Å². The Morgan fingerprint density at radius 2 is 1.93 bits per heavy atom. The first-order valence-corrected chi connectivity index (χ1v) is 10.9. The molecule has 1 fully saturated rings. The Morgan fingerprint density at radius 1 is 1.21 bits per heavy atom. The quantitative estimate of drug-likeness (QED) is 0.640. The molecule has 0 bridgehead atoms. The summed E-state index contributed by atoms with van der Waals surface area (Å²) in [5, 5.41) is -0.248. The van der Waals surface area contributed by atoms with E-state index in [9.17, 15) is 17.6 Å². The van der Waals surface area contributed by atoms with Gasteiger partial charge in [-0.3, -0.25) is 4.79 Å². The van der Waals surface area contributed by atoms with Gasteiger partial charge in [0.15, 0.2) is 0 Å². The number of hydrogen-bond donors (Lipinski definition) is 0. The standard InChI is InChI=1S/C20H21ClFNO5S/c1-27-16-4-2-3-14(11-16)13-28-20(24)15-7-9-23(10-8-15)29(25,26)17-5-6-19(22)18(21)12-17/h2-6,11-12,15H,7-10,13H2,1H3. The van der Waals surface area contributed by atoms with Gasteiger partial charge in [0.25, 0.3) is 0 Å². The van der Waals surface area contributed by atoms with Crippen LogP contribution in [0.2, 0.25) is 5.02 Å². The maximum absolute atomic E-state index is 13.3. The Bertz CT molecular complexity index is 990. The minimum absolute atomic E-state index is 0.0667. The zero-order valence-electron chi connectivity index (χ0n) is 15.8. The van der Waals surface area contributed by atoms with Gasteiger partial charge >= 0.3 is 5.97 Å². The van der Waals surface area contributed by atoms with Gasteiger partial charge in [0.1, 0.15) is 18.2 Å². The molecule has 0 radical (unpaired) electrons. The van der Waals surface area contributed by atoms with E-state index in [1.165, 1.54) is 10.4 Å². The number of carbonyl (C=O) groups excluding carboxylic acids is 1. The van der Waals surface area contributed by atoms with E-state index < -0.39 is 15.8 Å². The molecule has 2 aromatic carbocycles. The summed E-state index contributed by atoms with van der Waals surface area (Å²) in [4.78, 5) is 12.3. The van der Waals surface area contributed by atoms with Gasteiger partial charge < -0.3 is 9.47 Å². The van der Waals surface area contributed by atoms with Gasteiger partial charge in [-0.1, -0.05) is 23.7 Å². The van der Waals surface area contributed by atoms with E-state index in [-0.39, 0.29) is 41.5 Å². The summed E-state index contributed by atoms with van der Waals surface area (Å²) in [5.74, 6) is -0.723. The Kier molecular flexibility index (Phi) is 6.77. The second kappa shape index (κ2) is 9.11. The summed E-state index contributed by atoms with van der Waals surface area (Å²) in [7, 11) is -2.23. The van der Waals surface area contributed by atoms with Crippen LogP contribution in [-0.4, -0.2) is 38.9 Å². The topological polar surface area (TPSA) is 72.9 Å². The highest BCUT2D eigenvalue weighted by Gasteiger charge is 2.33. The normalized spacial score (nSPS) is 15.8. The number of hydrogen-bond acceptors (Lipinski definition) is 5. The van der Waals surface area contributed by atoms with Crippen LogP contribution in [0.1, 0.15) is 18.4 Å². The average molecular weight is 442 g/mol. The molecular weight excluding hydrogens is 421 g/mol. The lowest BCUT2D eigenvalue weighted by molar-refractivity contribution is -0.151. The molecular formula is C20H21ClFNO5S. The molecule has 0 amide bonds. The Hall–Kier alpha value is -2.16. The van der Waals surface area contributed by atoms with Crippen LogP contribution in [-0.2, 0) is 26.2 Å². The zero-order chi connectivity index (χ0) is 21.0. The van der Waals surface area contributed by atoms with Gasteiger partial charge in [0.05, 0.1) is 22.9 Å². The summed E-state index contributed by atoms with van der Waals surface area (Å²) in [6.45, 7) is 0.481. The van der Waals surface area contributed by atoms with Crippen LogP contribution in [0, 0.1) is 11.7 Å². The van der Waals surface area contributed by atoms with Crippen molar-refractivity contribution in [3.05, 3.63) is 58.9 Å². The molecule has 1 saturated heterocycles. The van der Waals surface area contributed by atoms with E-state index in [0.717, 1.165) is 17.7 Å². The molecule has 0 aliphatic carbocycles. The summed E-state index contributed by atoms with van der Waals surface area (Å²) >= 11 is 5.70. The van der Waals surface area contributed by atoms with Gasteiger partial charge in [-0.05, 0) is 48.7 Å². The first-order valence-electron chi connectivity index (χ1n) is 9.06. The highest BCUT2D eigenvalue weighted by atomic mass is 35.5. The predicted molar refractivity (Wildman–Crippen MR) is 106 cm³/mol. The number of piperidine rings is 1. The van der Waals surface area contributed by atoms with Crippen molar-refractivity contribution in [3.8, 4) is 5.75 Å². The molecule has 3 rings (SSSR count). The summed E-state index contributed by atoms with van der Waals surface area (Å²) < 4.78 is 50.5. The smallest absolute Gasteiger partial charge is 0.309 e. The van der Waals surface area contributed by atoms with Crippen LogP contribution in [0.4, 0.5) is 4.39 Å². The third-order valence-corrected chi connectivity index (χ3v) is 7.02. The first-order chi connectivity index (χ1) is 13.8. The van der Waals surface area contributed by atoms with Crippen molar-refractivity contribution < 1.29 is 27.1 Å². The molecule has 0 atom stereocenters.